The molecule has 0 spiro atoms. The van der Waals surface area contributed by atoms with Crippen LogP contribution in [0, 0.1) is 0 Å². The van der Waals surface area contributed by atoms with E-state index in [1.54, 1.807) is 12.1 Å². The van der Waals surface area contributed by atoms with Gasteiger partial charge in [0.1, 0.15) is 12.7 Å². The van der Waals surface area contributed by atoms with E-state index in [2.05, 4.69) is 20.7 Å². The Hall–Kier alpha value is -3.13. The highest BCUT2D eigenvalue weighted by atomic mass is 35.5. The number of para-hydroxylation sites is 2. The second-order valence-corrected chi connectivity index (χ2v) is 7.04. The molecule has 0 saturated heterocycles. The minimum Gasteiger partial charge on any atom is -0.486 e. The van der Waals surface area contributed by atoms with Crippen LogP contribution < -0.4 is 14.8 Å². The highest BCUT2D eigenvalue weighted by Crippen LogP contribution is 2.30. The second-order valence-electron chi connectivity index (χ2n) is 6.61. The fraction of sp³-hybridized carbons (Fsp3) is 0.300. The summed E-state index contributed by atoms with van der Waals surface area (Å²) in [6, 6.07) is 14.0. The maximum absolute atomic E-state index is 12.7. The lowest BCUT2D eigenvalue weighted by molar-refractivity contribution is -0.125. The second kappa shape index (κ2) is 8.48. The van der Waals surface area contributed by atoms with Crippen LogP contribution in [-0.2, 0) is 4.79 Å². The minimum atomic E-state index is -0.569. The quantitative estimate of drug-likeness (QED) is 0.668. The van der Waals surface area contributed by atoms with Crippen molar-refractivity contribution in [3.8, 4) is 22.9 Å². The molecule has 1 aromatic heterocycles. The van der Waals surface area contributed by atoms with Gasteiger partial charge < -0.3 is 14.8 Å². The minimum absolute atomic E-state index is 0.199. The van der Waals surface area contributed by atoms with Gasteiger partial charge in [-0.3, -0.25) is 4.79 Å². The summed E-state index contributed by atoms with van der Waals surface area (Å²) in [5.74, 6) is 1.63. The van der Waals surface area contributed by atoms with Gasteiger partial charge in [0.25, 0.3) is 0 Å². The first-order chi connectivity index (χ1) is 14.1. The van der Waals surface area contributed by atoms with Gasteiger partial charge >= 0.3 is 0 Å². The molecule has 150 valence electrons. The van der Waals surface area contributed by atoms with Crippen LogP contribution in [0.5, 0.6) is 11.5 Å². The van der Waals surface area contributed by atoms with Crippen molar-refractivity contribution in [3.05, 3.63) is 53.6 Å². The number of nitrogens with zero attached hydrogens (tertiary/aromatic N) is 4. The SMILES string of the molecule is CCC(C(=O)NCC1COc2ccccc2O1)n1nnc(-c2ccc(Cl)cc2)n1. The van der Waals surface area contributed by atoms with E-state index in [9.17, 15) is 4.79 Å². The van der Waals surface area contributed by atoms with Crippen LogP contribution in [0.4, 0.5) is 0 Å². The summed E-state index contributed by atoms with van der Waals surface area (Å²) in [4.78, 5) is 14.0. The molecule has 8 nitrogen and oxygen atoms in total. The number of hydrogen-bond acceptors (Lipinski definition) is 6. The standard InChI is InChI=1S/C20H20ClN5O3/c1-2-16(26-24-19(23-25-26)13-7-9-14(21)10-8-13)20(27)22-11-15-12-28-17-5-3-4-6-18(17)29-15/h3-10,15-16H,2,11-12H2,1H3,(H,22,27). The van der Waals surface area contributed by atoms with Gasteiger partial charge in [-0.15, -0.1) is 10.2 Å². The number of aromatic nitrogens is 4. The molecule has 2 atom stereocenters. The first-order valence-electron chi connectivity index (χ1n) is 9.35. The Bertz CT molecular complexity index is 992. The molecule has 0 aliphatic carbocycles. The Morgan fingerprint density at radius 3 is 2.76 bits per heavy atom. The molecule has 1 aliphatic rings. The average molecular weight is 414 g/mol. The lowest BCUT2D eigenvalue weighted by atomic mass is 10.2. The number of carbonyl (C=O) groups is 1. The van der Waals surface area contributed by atoms with Gasteiger partial charge in [0, 0.05) is 10.6 Å². The number of fused-ring (bicyclic) bond motifs is 1. The van der Waals surface area contributed by atoms with Crippen molar-refractivity contribution in [2.24, 2.45) is 0 Å². The lowest BCUT2D eigenvalue weighted by Gasteiger charge is -2.27. The molecule has 4 rings (SSSR count). The van der Waals surface area contributed by atoms with Gasteiger partial charge in [0.05, 0.1) is 6.54 Å². The largest absolute Gasteiger partial charge is 0.486 e. The normalized spacial score (nSPS) is 16.3. The summed E-state index contributed by atoms with van der Waals surface area (Å²) in [5.41, 5.74) is 0.780. The van der Waals surface area contributed by atoms with Crippen LogP contribution in [-0.4, -0.2) is 45.4 Å². The zero-order valence-electron chi connectivity index (χ0n) is 15.8. The number of amides is 1. The number of tetrazole rings is 1. The zero-order chi connectivity index (χ0) is 20.2. The maximum Gasteiger partial charge on any atom is 0.246 e. The van der Waals surface area contributed by atoms with Crippen molar-refractivity contribution < 1.29 is 14.3 Å². The van der Waals surface area contributed by atoms with E-state index in [1.165, 1.54) is 4.80 Å². The van der Waals surface area contributed by atoms with E-state index in [0.29, 0.717) is 41.9 Å². The summed E-state index contributed by atoms with van der Waals surface area (Å²) in [6.07, 6.45) is 0.257. The van der Waals surface area contributed by atoms with E-state index in [1.807, 2.05) is 43.3 Å². The molecule has 3 aromatic rings. The van der Waals surface area contributed by atoms with Gasteiger partial charge in [0.15, 0.2) is 17.5 Å². The summed E-state index contributed by atoms with van der Waals surface area (Å²) in [5, 5.41) is 16.0. The van der Waals surface area contributed by atoms with Gasteiger partial charge in [-0.1, -0.05) is 30.7 Å². The monoisotopic (exact) mass is 413 g/mol. The van der Waals surface area contributed by atoms with Crippen LogP contribution in [0.2, 0.25) is 5.02 Å². The number of rotatable bonds is 6. The molecule has 2 heterocycles. The number of halogens is 1. The van der Waals surface area contributed by atoms with Crippen molar-refractivity contribution in [1.82, 2.24) is 25.5 Å². The van der Waals surface area contributed by atoms with E-state index >= 15 is 0 Å². The van der Waals surface area contributed by atoms with Gasteiger partial charge in [-0.2, -0.15) is 4.80 Å². The molecule has 2 aromatic carbocycles. The number of hydrogen-bond donors (Lipinski definition) is 1. The fourth-order valence-corrected chi connectivity index (χ4v) is 3.15. The van der Waals surface area contributed by atoms with Crippen molar-refractivity contribution in [1.29, 1.82) is 0 Å². The summed E-state index contributed by atoms with van der Waals surface area (Å²) >= 11 is 5.91. The third-order valence-electron chi connectivity index (χ3n) is 4.57. The molecule has 1 N–H and O–H groups in total. The molecular formula is C20H20ClN5O3. The van der Waals surface area contributed by atoms with Crippen LogP contribution >= 0.6 is 11.6 Å². The molecule has 1 amide bonds. The first kappa shape index (κ1) is 19.2. The third-order valence-corrected chi connectivity index (χ3v) is 4.82. The van der Waals surface area contributed by atoms with Gasteiger partial charge in [0.2, 0.25) is 11.7 Å². The Labute approximate surface area is 172 Å². The molecule has 9 heteroatoms. The van der Waals surface area contributed by atoms with E-state index in [-0.39, 0.29) is 12.0 Å². The zero-order valence-corrected chi connectivity index (χ0v) is 16.5. The van der Waals surface area contributed by atoms with E-state index in [4.69, 9.17) is 21.1 Å². The highest BCUT2D eigenvalue weighted by molar-refractivity contribution is 6.30. The Morgan fingerprint density at radius 1 is 1.24 bits per heavy atom. The number of ether oxygens (including phenoxy) is 2. The van der Waals surface area contributed by atoms with Gasteiger partial charge in [-0.05, 0) is 48.0 Å². The number of nitrogens with one attached hydrogen (secondary N) is 1. The first-order valence-corrected chi connectivity index (χ1v) is 9.73. The molecule has 0 saturated carbocycles. The molecule has 2 unspecified atom stereocenters. The molecule has 29 heavy (non-hydrogen) atoms. The summed E-state index contributed by atoms with van der Waals surface area (Å²) in [7, 11) is 0. The summed E-state index contributed by atoms with van der Waals surface area (Å²) in [6.45, 7) is 2.59. The van der Waals surface area contributed by atoms with Crippen LogP contribution in [0.3, 0.4) is 0 Å². The van der Waals surface area contributed by atoms with Crippen molar-refractivity contribution in [2.75, 3.05) is 13.2 Å². The molecule has 1 aliphatic heterocycles. The average Bonchev–Trinajstić information content (AvgIpc) is 3.23. The smallest absolute Gasteiger partial charge is 0.246 e. The van der Waals surface area contributed by atoms with Crippen molar-refractivity contribution in [3.63, 3.8) is 0 Å². The van der Waals surface area contributed by atoms with Gasteiger partial charge in [-0.25, -0.2) is 0 Å². The fourth-order valence-electron chi connectivity index (χ4n) is 3.02. The highest BCUT2D eigenvalue weighted by Gasteiger charge is 2.25. The Balaban J connectivity index is 1.38. The van der Waals surface area contributed by atoms with Crippen LogP contribution in [0.15, 0.2) is 48.5 Å². The number of benzene rings is 2. The van der Waals surface area contributed by atoms with Crippen molar-refractivity contribution >= 4 is 17.5 Å². The topological polar surface area (TPSA) is 91.2 Å². The van der Waals surface area contributed by atoms with Crippen molar-refractivity contribution in [2.45, 2.75) is 25.5 Å². The molecule has 0 radical (unpaired) electrons. The summed E-state index contributed by atoms with van der Waals surface area (Å²) < 4.78 is 11.5. The number of carbonyl (C=O) groups excluding carboxylic acids is 1. The third kappa shape index (κ3) is 4.32. The van der Waals surface area contributed by atoms with Crippen LogP contribution in [0.25, 0.3) is 11.4 Å². The predicted octanol–water partition coefficient (Wildman–Crippen LogP) is 2.90. The Kier molecular flexibility index (Phi) is 5.62. The van der Waals surface area contributed by atoms with Crippen LogP contribution in [0.1, 0.15) is 19.4 Å². The van der Waals surface area contributed by atoms with E-state index < -0.39 is 6.04 Å². The maximum atomic E-state index is 12.7. The predicted molar refractivity (Wildman–Crippen MR) is 107 cm³/mol. The van der Waals surface area contributed by atoms with E-state index in [0.717, 1.165) is 5.56 Å². The molecular weight excluding hydrogens is 394 g/mol. The lowest BCUT2D eigenvalue weighted by Crippen LogP contribution is -2.43. The molecule has 0 fully saturated rings. The molecule has 0 bridgehead atoms. The Morgan fingerprint density at radius 2 is 2.00 bits per heavy atom.